The van der Waals surface area contributed by atoms with E-state index < -0.39 is 4.92 Å². The maximum absolute atomic E-state index is 11.0. The minimum atomic E-state index is -0.427. The van der Waals surface area contributed by atoms with Gasteiger partial charge >= 0.3 is 0 Å². The van der Waals surface area contributed by atoms with Crippen molar-refractivity contribution >= 4 is 30.2 Å². The van der Waals surface area contributed by atoms with Gasteiger partial charge in [0.2, 0.25) is 4.77 Å². The number of nitro groups is 1. The van der Waals surface area contributed by atoms with Gasteiger partial charge in [0.15, 0.2) is 5.82 Å². The highest BCUT2D eigenvalue weighted by Gasteiger charge is 2.10. The quantitative estimate of drug-likeness (QED) is 0.300. The lowest BCUT2D eigenvalue weighted by Gasteiger charge is -2.03. The molecule has 0 unspecified atom stereocenters. The molecule has 8 nitrogen and oxygen atoms in total. The first-order valence-corrected chi connectivity index (χ1v) is 8.27. The zero-order chi connectivity index (χ0) is 19.2. The van der Waals surface area contributed by atoms with Crippen LogP contribution in [0.2, 0.25) is 0 Å². The van der Waals surface area contributed by atoms with Crippen LogP contribution in [0.3, 0.4) is 0 Å². The highest BCUT2D eigenvalue weighted by molar-refractivity contribution is 7.71. The number of hydrogen-bond acceptors (Lipinski definition) is 6. The highest BCUT2D eigenvalue weighted by atomic mass is 32.1. The van der Waals surface area contributed by atoms with Crippen molar-refractivity contribution in [3.63, 3.8) is 0 Å². The number of para-hydroxylation sites is 1. The average Bonchev–Trinajstić information content (AvgIpc) is 3.06. The monoisotopic (exact) mass is 381 g/mol. The fourth-order valence-electron chi connectivity index (χ4n) is 2.39. The van der Waals surface area contributed by atoms with Gasteiger partial charge in [-0.2, -0.15) is 14.9 Å². The molecule has 1 N–H and O–H groups in total. The van der Waals surface area contributed by atoms with Crippen LogP contribution in [0.15, 0.2) is 59.7 Å². The third-order valence-electron chi connectivity index (χ3n) is 3.66. The summed E-state index contributed by atoms with van der Waals surface area (Å²) >= 11 is 5.22. The average molecular weight is 381 g/mol. The van der Waals surface area contributed by atoms with Gasteiger partial charge in [0.1, 0.15) is 5.75 Å². The van der Waals surface area contributed by atoms with Gasteiger partial charge in [0, 0.05) is 17.8 Å². The fourth-order valence-corrected chi connectivity index (χ4v) is 2.57. The Morgan fingerprint density at radius 3 is 2.89 bits per heavy atom. The topological polar surface area (TPSA) is 98.3 Å². The van der Waals surface area contributed by atoms with Crippen molar-refractivity contribution in [1.82, 2.24) is 14.9 Å². The molecule has 0 amide bonds. The van der Waals surface area contributed by atoms with Crippen molar-refractivity contribution in [2.24, 2.45) is 5.10 Å². The first kappa shape index (κ1) is 18.2. The third kappa shape index (κ3) is 4.15. The van der Waals surface area contributed by atoms with Crippen LogP contribution < -0.4 is 4.74 Å². The molecule has 2 aromatic carbocycles. The molecule has 0 aliphatic rings. The van der Waals surface area contributed by atoms with Gasteiger partial charge in [-0.15, -0.1) is 0 Å². The molecular weight excluding hydrogens is 366 g/mol. The number of benzene rings is 2. The van der Waals surface area contributed by atoms with Crippen LogP contribution in [0.25, 0.3) is 17.5 Å². The van der Waals surface area contributed by atoms with E-state index in [2.05, 4.69) is 15.3 Å². The second-order valence-electron chi connectivity index (χ2n) is 5.34. The molecule has 1 aromatic heterocycles. The smallest absolute Gasteiger partial charge is 0.276 e. The fraction of sp³-hybridized carbons (Fsp3) is 0.0556. The van der Waals surface area contributed by atoms with Crippen LogP contribution in [0.1, 0.15) is 5.56 Å². The lowest BCUT2D eigenvalue weighted by Crippen LogP contribution is -1.94. The minimum absolute atomic E-state index is 0.0270. The number of rotatable bonds is 6. The third-order valence-corrected chi connectivity index (χ3v) is 3.92. The molecule has 9 heteroatoms. The Kier molecular flexibility index (Phi) is 5.53. The maximum Gasteiger partial charge on any atom is 0.276 e. The molecule has 0 aliphatic carbocycles. The van der Waals surface area contributed by atoms with E-state index in [9.17, 15) is 10.1 Å². The molecular formula is C18H15N5O3S. The number of allylic oxidation sites excluding steroid dienone is 1. The van der Waals surface area contributed by atoms with E-state index in [1.807, 2.05) is 24.3 Å². The molecule has 0 bridgehead atoms. The van der Waals surface area contributed by atoms with E-state index >= 15 is 0 Å². The van der Waals surface area contributed by atoms with Gasteiger partial charge in [-0.05, 0) is 42.6 Å². The normalized spacial score (nSPS) is 11.3. The van der Waals surface area contributed by atoms with Gasteiger partial charge in [-0.3, -0.25) is 10.1 Å². The number of aromatic nitrogens is 3. The van der Waals surface area contributed by atoms with E-state index in [4.69, 9.17) is 17.0 Å². The zero-order valence-electron chi connectivity index (χ0n) is 14.3. The molecule has 27 heavy (non-hydrogen) atoms. The van der Waals surface area contributed by atoms with E-state index in [-0.39, 0.29) is 5.69 Å². The summed E-state index contributed by atoms with van der Waals surface area (Å²) in [6.45, 7) is 0. The van der Waals surface area contributed by atoms with Crippen molar-refractivity contribution < 1.29 is 9.66 Å². The Morgan fingerprint density at radius 2 is 2.11 bits per heavy atom. The summed E-state index contributed by atoms with van der Waals surface area (Å²) in [5.41, 5.74) is 1.29. The summed E-state index contributed by atoms with van der Waals surface area (Å²) in [4.78, 5) is 10.6. The highest BCUT2D eigenvalue weighted by Crippen LogP contribution is 2.22. The predicted octanol–water partition coefficient (Wildman–Crippen LogP) is 4.07. The number of H-pyrrole nitrogens is 1. The first-order chi connectivity index (χ1) is 13.1. The number of ether oxygens (including phenoxy) is 1. The van der Waals surface area contributed by atoms with Crippen LogP contribution >= 0.6 is 12.2 Å². The summed E-state index contributed by atoms with van der Waals surface area (Å²) < 4.78 is 7.01. The Morgan fingerprint density at radius 1 is 1.30 bits per heavy atom. The molecule has 0 saturated heterocycles. The number of nitrogens with zero attached hydrogens (tertiary/aromatic N) is 4. The summed E-state index contributed by atoms with van der Waals surface area (Å²) in [6, 6.07) is 13.8. The van der Waals surface area contributed by atoms with E-state index in [1.165, 1.54) is 17.0 Å². The second-order valence-corrected chi connectivity index (χ2v) is 5.72. The SMILES string of the molecule is COc1cccc(-c2n[nH]c(=S)n2N=CC=Cc2ccccc2[N+](=O)[O-])c1. The standard InChI is InChI=1S/C18H15N5O3S/c1-26-15-9-4-7-14(12-15)17-20-21-18(27)22(17)19-11-5-8-13-6-2-3-10-16(13)23(24)25/h2-12H,1H3,(H,21,27). The van der Waals surface area contributed by atoms with Crippen molar-refractivity contribution in [3.05, 3.63) is 75.1 Å². The van der Waals surface area contributed by atoms with Crippen LogP contribution in [-0.4, -0.2) is 33.1 Å². The molecule has 1 heterocycles. The molecule has 0 fully saturated rings. The number of hydrogen-bond donors (Lipinski definition) is 1. The largest absolute Gasteiger partial charge is 0.497 e. The number of nitro benzene ring substituents is 1. The molecule has 3 aromatic rings. The Balaban J connectivity index is 1.88. The van der Waals surface area contributed by atoms with Gasteiger partial charge in [-0.1, -0.05) is 24.3 Å². The van der Waals surface area contributed by atoms with Crippen LogP contribution in [0.5, 0.6) is 5.75 Å². The Labute approximate surface area is 159 Å². The van der Waals surface area contributed by atoms with E-state index in [1.54, 1.807) is 37.5 Å². The van der Waals surface area contributed by atoms with Gasteiger partial charge in [0.25, 0.3) is 5.69 Å². The summed E-state index contributed by atoms with van der Waals surface area (Å²) in [5.74, 6) is 1.21. The van der Waals surface area contributed by atoms with Crippen molar-refractivity contribution in [2.75, 3.05) is 7.11 Å². The molecule has 0 aliphatic heterocycles. The molecule has 0 spiro atoms. The summed E-state index contributed by atoms with van der Waals surface area (Å²) in [7, 11) is 1.59. The molecule has 0 radical (unpaired) electrons. The zero-order valence-corrected chi connectivity index (χ0v) is 15.1. The summed E-state index contributed by atoms with van der Waals surface area (Å²) in [5, 5.41) is 22.2. The van der Waals surface area contributed by atoms with Crippen molar-refractivity contribution in [2.45, 2.75) is 0 Å². The van der Waals surface area contributed by atoms with Crippen molar-refractivity contribution in [3.8, 4) is 17.1 Å². The van der Waals surface area contributed by atoms with Gasteiger partial charge < -0.3 is 4.74 Å². The summed E-state index contributed by atoms with van der Waals surface area (Å²) in [6.07, 6.45) is 4.70. The van der Waals surface area contributed by atoms with Crippen LogP contribution in [0.4, 0.5) is 5.69 Å². The lowest BCUT2D eigenvalue weighted by molar-refractivity contribution is -0.385. The van der Waals surface area contributed by atoms with Gasteiger partial charge in [-0.25, -0.2) is 5.10 Å². The van der Waals surface area contributed by atoms with Crippen LogP contribution in [0, 0.1) is 14.9 Å². The van der Waals surface area contributed by atoms with Crippen LogP contribution in [-0.2, 0) is 0 Å². The van der Waals surface area contributed by atoms with E-state index in [0.29, 0.717) is 21.9 Å². The minimum Gasteiger partial charge on any atom is -0.497 e. The maximum atomic E-state index is 11.0. The van der Waals surface area contributed by atoms with Gasteiger partial charge in [0.05, 0.1) is 17.6 Å². The molecule has 3 rings (SSSR count). The van der Waals surface area contributed by atoms with Crippen molar-refractivity contribution in [1.29, 1.82) is 0 Å². The lowest BCUT2D eigenvalue weighted by atomic mass is 10.2. The second kappa shape index (κ2) is 8.19. The molecule has 0 atom stereocenters. The molecule has 136 valence electrons. The Bertz CT molecular complexity index is 1080. The predicted molar refractivity (Wildman–Crippen MR) is 105 cm³/mol. The van der Waals surface area contributed by atoms with E-state index in [0.717, 1.165) is 5.56 Å². The number of methoxy groups -OCH3 is 1. The number of nitrogens with one attached hydrogen (secondary N) is 1. The first-order valence-electron chi connectivity index (χ1n) is 7.86. The number of aromatic amines is 1. The Hall–Kier alpha value is -3.59. The molecule has 0 saturated carbocycles.